The van der Waals surface area contributed by atoms with E-state index in [2.05, 4.69) is 25.6 Å². The number of aryl methyl sites for hydroxylation is 2. The number of anilines is 3. The average Bonchev–Trinajstić information content (AvgIpc) is 2.95. The Bertz CT molecular complexity index is 888. The number of nitrogens with two attached hydrogens (primary N) is 1. The van der Waals surface area contributed by atoms with Gasteiger partial charge in [0.15, 0.2) is 17.0 Å². The molecule has 0 aliphatic rings. The molecule has 1 aromatic carbocycles. The van der Waals surface area contributed by atoms with Crippen LogP contribution in [0.25, 0.3) is 11.2 Å². The highest BCUT2D eigenvalue weighted by Gasteiger charge is 2.13. The van der Waals surface area contributed by atoms with Crippen LogP contribution in [0.3, 0.4) is 0 Å². The second-order valence-corrected chi connectivity index (χ2v) is 6.21. The summed E-state index contributed by atoms with van der Waals surface area (Å²) >= 11 is 0. The van der Waals surface area contributed by atoms with Crippen LogP contribution in [0, 0.1) is 6.92 Å². The van der Waals surface area contributed by atoms with Gasteiger partial charge >= 0.3 is 0 Å². The third-order valence-corrected chi connectivity index (χ3v) is 3.86. The van der Waals surface area contributed by atoms with Gasteiger partial charge < -0.3 is 26.0 Å². The molecule has 2 heterocycles. The predicted molar refractivity (Wildman–Crippen MR) is 99.4 cm³/mol. The van der Waals surface area contributed by atoms with Crippen molar-refractivity contribution < 1.29 is 5.11 Å². The summed E-state index contributed by atoms with van der Waals surface area (Å²) in [5.41, 5.74) is 10.3. The molecule has 5 N–H and O–H groups in total. The quantitative estimate of drug-likeness (QED) is 0.504. The van der Waals surface area contributed by atoms with Crippen LogP contribution in [-0.4, -0.2) is 37.3 Å². The molecule has 0 amide bonds. The number of nitrogens with zero attached hydrogens (tertiary/aromatic N) is 4. The van der Waals surface area contributed by atoms with Crippen LogP contribution in [0.5, 0.6) is 0 Å². The molecule has 3 aromatic rings. The fourth-order valence-corrected chi connectivity index (χ4v) is 2.51. The van der Waals surface area contributed by atoms with Gasteiger partial charge in [0, 0.05) is 25.8 Å². The van der Waals surface area contributed by atoms with Crippen molar-refractivity contribution in [2.45, 2.75) is 26.5 Å². The highest BCUT2D eigenvalue weighted by atomic mass is 16.3. The number of nitrogens with one attached hydrogen (secondary N) is 2. The molecule has 1 unspecified atom stereocenters. The average molecular weight is 341 g/mol. The number of fused-ring (bicyclic) bond motifs is 1. The van der Waals surface area contributed by atoms with Crippen molar-refractivity contribution in [2.24, 2.45) is 7.05 Å². The molecule has 3 rings (SSSR count). The monoisotopic (exact) mass is 341 g/mol. The third kappa shape index (κ3) is 3.80. The summed E-state index contributed by atoms with van der Waals surface area (Å²) < 4.78 is 1.83. The van der Waals surface area contributed by atoms with E-state index >= 15 is 0 Å². The highest BCUT2D eigenvalue weighted by Crippen LogP contribution is 2.22. The lowest BCUT2D eigenvalue weighted by Crippen LogP contribution is -2.17. The molecule has 0 aliphatic carbocycles. The molecule has 0 fully saturated rings. The summed E-state index contributed by atoms with van der Waals surface area (Å²) in [6.07, 6.45) is 1.21. The summed E-state index contributed by atoms with van der Waals surface area (Å²) in [5.74, 6) is 1.07. The molecule has 2 aromatic heterocycles. The zero-order valence-corrected chi connectivity index (χ0v) is 14.6. The molecule has 0 saturated heterocycles. The van der Waals surface area contributed by atoms with E-state index in [9.17, 15) is 5.11 Å². The van der Waals surface area contributed by atoms with Gasteiger partial charge in [-0.2, -0.15) is 9.97 Å². The molecule has 0 saturated carbocycles. The van der Waals surface area contributed by atoms with Crippen molar-refractivity contribution in [3.8, 4) is 0 Å². The number of rotatable bonds is 6. The van der Waals surface area contributed by atoms with Crippen LogP contribution in [0.2, 0.25) is 0 Å². The highest BCUT2D eigenvalue weighted by molar-refractivity contribution is 5.84. The largest absolute Gasteiger partial charge is 0.398 e. The molecule has 132 valence electrons. The Kier molecular flexibility index (Phi) is 4.71. The van der Waals surface area contributed by atoms with Crippen LogP contribution in [0.15, 0.2) is 24.5 Å². The standard InChI is InChI=1S/C17H23N7O/c1-10-4-5-13(18)12(6-10)8-19-15-14-16(24(3)9-21-14)23-17(22-15)20-7-11(2)25/h4-6,9,11,25H,7-8,18H2,1-3H3,(H2,19,20,22,23). The number of hydrogen-bond donors (Lipinski definition) is 4. The first kappa shape index (κ1) is 17.0. The molecule has 1 atom stereocenters. The van der Waals surface area contributed by atoms with Gasteiger partial charge in [-0.15, -0.1) is 0 Å². The molecule has 0 spiro atoms. The summed E-state index contributed by atoms with van der Waals surface area (Å²) in [5, 5.41) is 15.8. The van der Waals surface area contributed by atoms with E-state index in [0.717, 1.165) is 16.8 Å². The predicted octanol–water partition coefficient (Wildman–Crippen LogP) is 1.66. The maximum atomic E-state index is 9.45. The Morgan fingerprint density at radius 2 is 2.08 bits per heavy atom. The van der Waals surface area contributed by atoms with Crippen LogP contribution < -0.4 is 16.4 Å². The van der Waals surface area contributed by atoms with E-state index in [1.54, 1.807) is 13.3 Å². The first-order valence-corrected chi connectivity index (χ1v) is 8.14. The molecular formula is C17H23N7O. The molecule has 8 nitrogen and oxygen atoms in total. The maximum absolute atomic E-state index is 9.45. The minimum absolute atomic E-state index is 0.369. The number of nitrogen functional groups attached to an aromatic ring is 1. The lowest BCUT2D eigenvalue weighted by molar-refractivity contribution is 0.208. The Morgan fingerprint density at radius 1 is 1.28 bits per heavy atom. The smallest absolute Gasteiger partial charge is 0.226 e. The first-order valence-electron chi connectivity index (χ1n) is 8.14. The van der Waals surface area contributed by atoms with Crippen molar-refractivity contribution in [1.29, 1.82) is 0 Å². The summed E-state index contributed by atoms with van der Waals surface area (Å²) in [6, 6.07) is 5.93. The molecule has 0 bridgehead atoms. The number of benzene rings is 1. The van der Waals surface area contributed by atoms with E-state index in [-0.39, 0.29) is 0 Å². The van der Waals surface area contributed by atoms with Crippen molar-refractivity contribution in [1.82, 2.24) is 19.5 Å². The molecule has 0 radical (unpaired) electrons. The number of aliphatic hydroxyl groups excluding tert-OH is 1. The van der Waals surface area contributed by atoms with Crippen molar-refractivity contribution in [2.75, 3.05) is 22.9 Å². The molecular weight excluding hydrogens is 318 g/mol. The van der Waals surface area contributed by atoms with Gasteiger partial charge in [0.05, 0.1) is 12.4 Å². The fraction of sp³-hybridized carbons (Fsp3) is 0.353. The fourth-order valence-electron chi connectivity index (χ4n) is 2.51. The van der Waals surface area contributed by atoms with Crippen LogP contribution in [-0.2, 0) is 13.6 Å². The number of aromatic nitrogens is 4. The summed E-state index contributed by atoms with van der Waals surface area (Å²) in [7, 11) is 1.88. The number of imidazole rings is 1. The number of aliphatic hydroxyl groups is 1. The van der Waals surface area contributed by atoms with E-state index in [1.807, 2.05) is 36.7 Å². The summed E-state index contributed by atoms with van der Waals surface area (Å²) in [6.45, 7) is 4.64. The SMILES string of the molecule is Cc1ccc(N)c(CNc2nc(NCC(C)O)nc3c2ncn3C)c1. The maximum Gasteiger partial charge on any atom is 0.226 e. The lowest BCUT2D eigenvalue weighted by Gasteiger charge is -2.12. The molecule has 25 heavy (non-hydrogen) atoms. The minimum atomic E-state index is -0.491. The molecule has 8 heteroatoms. The minimum Gasteiger partial charge on any atom is -0.398 e. The topological polar surface area (TPSA) is 114 Å². The van der Waals surface area contributed by atoms with Gasteiger partial charge in [0.25, 0.3) is 0 Å². The molecule has 0 aliphatic heterocycles. The Balaban J connectivity index is 1.89. The third-order valence-electron chi connectivity index (χ3n) is 3.86. The van der Waals surface area contributed by atoms with Gasteiger partial charge in [0.2, 0.25) is 5.95 Å². The number of hydrogen-bond acceptors (Lipinski definition) is 7. The van der Waals surface area contributed by atoms with Gasteiger partial charge in [-0.1, -0.05) is 17.7 Å². The second-order valence-electron chi connectivity index (χ2n) is 6.21. The normalized spacial score (nSPS) is 12.3. The van der Waals surface area contributed by atoms with Gasteiger partial charge in [-0.25, -0.2) is 4.98 Å². The summed E-state index contributed by atoms with van der Waals surface area (Å²) in [4.78, 5) is 13.3. The van der Waals surface area contributed by atoms with E-state index < -0.39 is 6.10 Å². The van der Waals surface area contributed by atoms with Crippen molar-refractivity contribution in [3.63, 3.8) is 0 Å². The van der Waals surface area contributed by atoms with Gasteiger partial charge in [0.1, 0.15) is 0 Å². The van der Waals surface area contributed by atoms with E-state index in [0.29, 0.717) is 36.0 Å². The zero-order valence-electron chi connectivity index (χ0n) is 14.6. The van der Waals surface area contributed by atoms with Crippen LogP contribution in [0.4, 0.5) is 17.5 Å². The Morgan fingerprint density at radius 3 is 2.84 bits per heavy atom. The Hall–Kier alpha value is -2.87. The zero-order chi connectivity index (χ0) is 18.0. The van der Waals surface area contributed by atoms with E-state index in [4.69, 9.17) is 5.73 Å². The van der Waals surface area contributed by atoms with Crippen molar-refractivity contribution >= 4 is 28.6 Å². The van der Waals surface area contributed by atoms with Gasteiger partial charge in [-0.05, 0) is 25.5 Å². The Labute approximate surface area is 146 Å². The van der Waals surface area contributed by atoms with Crippen LogP contribution >= 0.6 is 0 Å². The van der Waals surface area contributed by atoms with Crippen molar-refractivity contribution in [3.05, 3.63) is 35.7 Å². The van der Waals surface area contributed by atoms with Gasteiger partial charge in [-0.3, -0.25) is 0 Å². The van der Waals surface area contributed by atoms with E-state index in [1.165, 1.54) is 0 Å². The van der Waals surface area contributed by atoms with Crippen LogP contribution in [0.1, 0.15) is 18.1 Å². The lowest BCUT2D eigenvalue weighted by atomic mass is 10.1. The second kappa shape index (κ2) is 6.94. The first-order chi connectivity index (χ1) is 11.9.